The number of hydrogen-bond donors (Lipinski definition) is 1. The molecule has 0 saturated carbocycles. The third kappa shape index (κ3) is 5.96. The highest BCUT2D eigenvalue weighted by atomic mass is 16.5. The maximum atomic E-state index is 11.3. The van der Waals surface area contributed by atoms with Crippen LogP contribution in [0.3, 0.4) is 0 Å². The third-order valence-corrected chi connectivity index (χ3v) is 2.79. The molecule has 1 aromatic carbocycles. The number of unbranched alkanes of at least 4 members (excludes halogenated alkanes) is 1. The first-order chi connectivity index (χ1) is 9.13. The number of ether oxygens (including phenoxy) is 1. The van der Waals surface area contributed by atoms with Crippen molar-refractivity contribution in [1.29, 1.82) is 0 Å². The van der Waals surface area contributed by atoms with E-state index in [1.165, 1.54) is 5.56 Å². The molecule has 0 aliphatic heterocycles. The lowest BCUT2D eigenvalue weighted by molar-refractivity contribution is -0.120. The fraction of sp³-hybridized carbons (Fsp3) is 0.438. The van der Waals surface area contributed by atoms with E-state index < -0.39 is 0 Å². The number of carbonyl (C=O) groups is 1. The Morgan fingerprint density at radius 2 is 2.16 bits per heavy atom. The summed E-state index contributed by atoms with van der Waals surface area (Å²) in [6.07, 6.45) is 7.22. The minimum Gasteiger partial charge on any atom is -0.493 e. The number of hydrogen-bond acceptors (Lipinski definition) is 2. The van der Waals surface area contributed by atoms with Crippen LogP contribution in [-0.4, -0.2) is 19.1 Å². The maximum absolute atomic E-state index is 11.3. The SMILES string of the molecule is C#CCNC(=O)CCCCOc1cc(C)ccc1C. The molecule has 0 aliphatic carbocycles. The summed E-state index contributed by atoms with van der Waals surface area (Å²) in [4.78, 5) is 11.3. The Hall–Kier alpha value is -1.95. The molecule has 0 unspecified atom stereocenters. The van der Waals surface area contributed by atoms with Gasteiger partial charge in [0, 0.05) is 6.42 Å². The van der Waals surface area contributed by atoms with Gasteiger partial charge in [0.25, 0.3) is 0 Å². The molecular weight excluding hydrogens is 238 g/mol. The molecule has 0 fully saturated rings. The molecule has 19 heavy (non-hydrogen) atoms. The van der Waals surface area contributed by atoms with E-state index in [0.29, 0.717) is 19.6 Å². The third-order valence-electron chi connectivity index (χ3n) is 2.79. The summed E-state index contributed by atoms with van der Waals surface area (Å²) in [5, 5.41) is 2.64. The first-order valence-corrected chi connectivity index (χ1v) is 6.53. The van der Waals surface area contributed by atoms with Crippen molar-refractivity contribution in [2.45, 2.75) is 33.1 Å². The highest BCUT2D eigenvalue weighted by molar-refractivity contribution is 5.76. The first kappa shape index (κ1) is 15.1. The van der Waals surface area contributed by atoms with Crippen LogP contribution in [0.4, 0.5) is 0 Å². The predicted molar refractivity (Wildman–Crippen MR) is 77.1 cm³/mol. The summed E-state index contributed by atoms with van der Waals surface area (Å²) in [7, 11) is 0. The van der Waals surface area contributed by atoms with E-state index in [1.54, 1.807) is 0 Å². The van der Waals surface area contributed by atoms with Gasteiger partial charge in [0.15, 0.2) is 0 Å². The van der Waals surface area contributed by atoms with Gasteiger partial charge in [-0.05, 0) is 43.9 Å². The van der Waals surface area contributed by atoms with E-state index >= 15 is 0 Å². The Labute approximate surface area is 115 Å². The minimum absolute atomic E-state index is 0.00434. The summed E-state index contributed by atoms with van der Waals surface area (Å²) in [5.74, 6) is 3.31. The summed E-state index contributed by atoms with van der Waals surface area (Å²) in [5.41, 5.74) is 2.33. The van der Waals surface area contributed by atoms with Crippen LogP contribution in [0.15, 0.2) is 18.2 Å². The van der Waals surface area contributed by atoms with Gasteiger partial charge in [-0.1, -0.05) is 18.1 Å². The number of benzene rings is 1. The number of carbonyl (C=O) groups excluding carboxylic acids is 1. The maximum Gasteiger partial charge on any atom is 0.220 e. The molecule has 0 bridgehead atoms. The Kier molecular flexibility index (Phi) is 6.52. The molecular formula is C16H21NO2. The van der Waals surface area contributed by atoms with Gasteiger partial charge in [-0.15, -0.1) is 6.42 Å². The Balaban J connectivity index is 2.19. The van der Waals surface area contributed by atoms with Crippen LogP contribution in [0.2, 0.25) is 0 Å². The normalized spacial score (nSPS) is 9.74. The van der Waals surface area contributed by atoms with Crippen molar-refractivity contribution in [2.75, 3.05) is 13.2 Å². The quantitative estimate of drug-likeness (QED) is 0.604. The zero-order chi connectivity index (χ0) is 14.1. The van der Waals surface area contributed by atoms with Gasteiger partial charge in [-0.2, -0.15) is 0 Å². The smallest absolute Gasteiger partial charge is 0.220 e. The van der Waals surface area contributed by atoms with Crippen LogP contribution in [0.1, 0.15) is 30.4 Å². The summed E-state index contributed by atoms with van der Waals surface area (Å²) in [6.45, 7) is 5.01. The van der Waals surface area contributed by atoms with Gasteiger partial charge >= 0.3 is 0 Å². The second-order valence-electron chi connectivity index (χ2n) is 4.56. The number of aryl methyl sites for hydroxylation is 2. The van der Waals surface area contributed by atoms with Crippen LogP contribution >= 0.6 is 0 Å². The average Bonchev–Trinajstić information content (AvgIpc) is 2.39. The second kappa shape index (κ2) is 8.20. The van der Waals surface area contributed by atoms with Crippen LogP contribution in [0, 0.1) is 26.2 Å². The van der Waals surface area contributed by atoms with Gasteiger partial charge in [-0.25, -0.2) is 0 Å². The number of rotatable bonds is 7. The zero-order valence-electron chi connectivity index (χ0n) is 11.7. The summed E-state index contributed by atoms with van der Waals surface area (Å²) in [6, 6.07) is 6.16. The van der Waals surface area contributed by atoms with E-state index in [2.05, 4.69) is 23.4 Å². The summed E-state index contributed by atoms with van der Waals surface area (Å²) < 4.78 is 5.72. The molecule has 3 nitrogen and oxygen atoms in total. The molecule has 0 saturated heterocycles. The molecule has 1 rings (SSSR count). The lowest BCUT2D eigenvalue weighted by atomic mass is 10.1. The number of amides is 1. The molecule has 0 aliphatic rings. The molecule has 0 atom stereocenters. The Bertz CT molecular complexity index is 460. The van der Waals surface area contributed by atoms with Crippen LogP contribution in [0.5, 0.6) is 5.75 Å². The van der Waals surface area contributed by atoms with Crippen molar-refractivity contribution >= 4 is 5.91 Å². The fourth-order valence-corrected chi connectivity index (χ4v) is 1.67. The van der Waals surface area contributed by atoms with Crippen LogP contribution in [0.25, 0.3) is 0 Å². The fourth-order valence-electron chi connectivity index (χ4n) is 1.67. The standard InChI is InChI=1S/C16H21NO2/c1-4-10-17-16(18)7-5-6-11-19-15-12-13(2)8-9-14(15)3/h1,8-9,12H,5-7,10-11H2,2-3H3,(H,17,18). The molecule has 0 radical (unpaired) electrons. The molecule has 0 aromatic heterocycles. The molecule has 1 amide bonds. The monoisotopic (exact) mass is 259 g/mol. The minimum atomic E-state index is 0.00434. The van der Waals surface area contributed by atoms with E-state index in [-0.39, 0.29) is 5.91 Å². The van der Waals surface area contributed by atoms with Crippen molar-refractivity contribution < 1.29 is 9.53 Å². The molecule has 102 valence electrons. The van der Waals surface area contributed by atoms with Crippen molar-refractivity contribution in [3.05, 3.63) is 29.3 Å². The number of terminal acetylenes is 1. The van der Waals surface area contributed by atoms with E-state index in [1.807, 2.05) is 19.9 Å². The Morgan fingerprint density at radius 3 is 2.89 bits per heavy atom. The average molecular weight is 259 g/mol. The Morgan fingerprint density at radius 1 is 1.37 bits per heavy atom. The number of nitrogens with one attached hydrogen (secondary N) is 1. The lowest BCUT2D eigenvalue weighted by Gasteiger charge is -2.09. The molecule has 1 aromatic rings. The van der Waals surface area contributed by atoms with E-state index in [0.717, 1.165) is 24.2 Å². The van der Waals surface area contributed by atoms with Crippen molar-refractivity contribution in [3.8, 4) is 18.1 Å². The van der Waals surface area contributed by atoms with E-state index in [4.69, 9.17) is 11.2 Å². The highest BCUT2D eigenvalue weighted by Gasteiger charge is 2.01. The first-order valence-electron chi connectivity index (χ1n) is 6.53. The lowest BCUT2D eigenvalue weighted by Crippen LogP contribution is -2.23. The summed E-state index contributed by atoms with van der Waals surface area (Å²) >= 11 is 0. The zero-order valence-corrected chi connectivity index (χ0v) is 11.7. The van der Waals surface area contributed by atoms with Crippen molar-refractivity contribution in [3.63, 3.8) is 0 Å². The molecule has 1 N–H and O–H groups in total. The van der Waals surface area contributed by atoms with Crippen LogP contribution in [-0.2, 0) is 4.79 Å². The van der Waals surface area contributed by atoms with Gasteiger partial charge in [0.05, 0.1) is 13.2 Å². The largest absolute Gasteiger partial charge is 0.493 e. The molecule has 3 heteroatoms. The second-order valence-corrected chi connectivity index (χ2v) is 4.56. The van der Waals surface area contributed by atoms with Crippen molar-refractivity contribution in [2.24, 2.45) is 0 Å². The van der Waals surface area contributed by atoms with Crippen molar-refractivity contribution in [1.82, 2.24) is 5.32 Å². The van der Waals surface area contributed by atoms with Gasteiger partial charge in [0.2, 0.25) is 5.91 Å². The topological polar surface area (TPSA) is 38.3 Å². The van der Waals surface area contributed by atoms with E-state index in [9.17, 15) is 4.79 Å². The van der Waals surface area contributed by atoms with Gasteiger partial charge < -0.3 is 10.1 Å². The van der Waals surface area contributed by atoms with Gasteiger partial charge in [0.1, 0.15) is 5.75 Å². The van der Waals surface area contributed by atoms with Crippen LogP contribution < -0.4 is 10.1 Å². The predicted octanol–water partition coefficient (Wildman–Crippen LogP) is 2.60. The highest BCUT2D eigenvalue weighted by Crippen LogP contribution is 2.19. The van der Waals surface area contributed by atoms with Gasteiger partial charge in [-0.3, -0.25) is 4.79 Å². The molecule has 0 heterocycles. The molecule has 0 spiro atoms.